The minimum absolute atomic E-state index is 0.0680. The van der Waals surface area contributed by atoms with Crippen LogP contribution in [-0.4, -0.2) is 20.3 Å². The van der Waals surface area contributed by atoms with E-state index in [2.05, 4.69) is 15.9 Å². The van der Waals surface area contributed by atoms with Crippen LogP contribution in [-0.2, 0) is 9.84 Å². The highest BCUT2D eigenvalue weighted by Gasteiger charge is 2.31. The van der Waals surface area contributed by atoms with Crippen LogP contribution in [0, 0.1) is 0 Å². The molecule has 0 saturated carbocycles. The van der Waals surface area contributed by atoms with E-state index in [1.54, 1.807) is 0 Å². The van der Waals surface area contributed by atoms with Crippen LogP contribution in [0.5, 0.6) is 0 Å². The molecule has 0 bridgehead atoms. The van der Waals surface area contributed by atoms with Crippen molar-refractivity contribution in [1.82, 2.24) is 0 Å². The fourth-order valence-electron chi connectivity index (χ4n) is 1.16. The van der Waals surface area contributed by atoms with Crippen molar-refractivity contribution < 1.29 is 21.6 Å². The van der Waals surface area contributed by atoms with Gasteiger partial charge in [0.1, 0.15) is 0 Å². The van der Waals surface area contributed by atoms with Gasteiger partial charge in [0.15, 0.2) is 9.84 Å². The van der Waals surface area contributed by atoms with Gasteiger partial charge >= 0.3 is 6.18 Å². The first kappa shape index (κ1) is 14.3. The average molecular weight is 332 g/mol. The lowest BCUT2D eigenvalue weighted by Gasteiger charge is -2.09. The van der Waals surface area contributed by atoms with Crippen LogP contribution in [0.4, 0.5) is 18.9 Å². The highest BCUT2D eigenvalue weighted by molar-refractivity contribution is 9.10. The summed E-state index contributed by atoms with van der Waals surface area (Å²) in [4.78, 5) is -0.273. The Balaban J connectivity index is 2.98. The third-order valence-corrected chi connectivity index (χ3v) is 4.24. The smallest absolute Gasteiger partial charge is 0.390 e. The van der Waals surface area contributed by atoms with E-state index in [1.807, 2.05) is 0 Å². The van der Waals surface area contributed by atoms with Gasteiger partial charge < -0.3 is 5.73 Å². The maximum absolute atomic E-state index is 12.0. The number of anilines is 1. The molecule has 0 aliphatic rings. The van der Waals surface area contributed by atoms with E-state index >= 15 is 0 Å². The fourth-order valence-corrected chi connectivity index (χ4v) is 2.95. The van der Waals surface area contributed by atoms with Gasteiger partial charge in [-0.1, -0.05) is 15.9 Å². The molecule has 0 heterocycles. The second-order valence-electron chi connectivity index (χ2n) is 3.37. The van der Waals surface area contributed by atoms with Crippen molar-refractivity contribution >= 4 is 31.5 Å². The Hall–Kier alpha value is -0.760. The Morgan fingerprint density at radius 3 is 2.35 bits per heavy atom. The molecule has 0 unspecified atom stereocenters. The van der Waals surface area contributed by atoms with Gasteiger partial charge in [0.25, 0.3) is 0 Å². The van der Waals surface area contributed by atoms with Crippen molar-refractivity contribution in [2.24, 2.45) is 0 Å². The molecule has 2 N–H and O–H groups in total. The molecule has 0 aliphatic carbocycles. The molecule has 0 radical (unpaired) electrons. The van der Waals surface area contributed by atoms with Crippen molar-refractivity contribution in [1.29, 1.82) is 0 Å². The van der Waals surface area contributed by atoms with Crippen LogP contribution in [0.2, 0.25) is 0 Å². The highest BCUT2D eigenvalue weighted by Crippen LogP contribution is 2.27. The fraction of sp³-hybridized carbons (Fsp3) is 0.333. The summed E-state index contributed by atoms with van der Waals surface area (Å²) in [6.07, 6.45) is -5.89. The van der Waals surface area contributed by atoms with E-state index in [0.29, 0.717) is 4.47 Å². The van der Waals surface area contributed by atoms with E-state index < -0.39 is 28.2 Å². The topological polar surface area (TPSA) is 60.2 Å². The van der Waals surface area contributed by atoms with Gasteiger partial charge in [-0.05, 0) is 18.2 Å². The van der Waals surface area contributed by atoms with Crippen LogP contribution in [0.15, 0.2) is 27.6 Å². The highest BCUT2D eigenvalue weighted by atomic mass is 79.9. The molecule has 8 heteroatoms. The number of sulfone groups is 1. The lowest BCUT2D eigenvalue weighted by Crippen LogP contribution is -2.17. The van der Waals surface area contributed by atoms with Crippen molar-refractivity contribution in [2.45, 2.75) is 17.5 Å². The van der Waals surface area contributed by atoms with Crippen LogP contribution in [0.25, 0.3) is 0 Å². The summed E-state index contributed by atoms with van der Waals surface area (Å²) >= 11 is 3.08. The van der Waals surface area contributed by atoms with Crippen LogP contribution < -0.4 is 5.73 Å². The van der Waals surface area contributed by atoms with Crippen molar-refractivity contribution in [3.05, 3.63) is 22.7 Å². The minimum atomic E-state index is -4.50. The predicted octanol–water partition coefficient (Wildman–Crippen LogP) is 2.76. The number of nitrogen functional groups attached to an aromatic ring is 1. The first-order chi connectivity index (χ1) is 7.62. The molecule has 3 nitrogen and oxygen atoms in total. The molecular formula is C9H9BrF3NO2S. The van der Waals surface area contributed by atoms with E-state index in [-0.39, 0.29) is 10.6 Å². The van der Waals surface area contributed by atoms with Gasteiger partial charge in [-0.3, -0.25) is 0 Å². The summed E-state index contributed by atoms with van der Waals surface area (Å²) in [5.41, 5.74) is 5.39. The number of rotatable bonds is 3. The summed E-state index contributed by atoms with van der Waals surface area (Å²) in [7, 11) is -4.01. The molecule has 17 heavy (non-hydrogen) atoms. The maximum atomic E-state index is 12.0. The quantitative estimate of drug-likeness (QED) is 0.866. The normalized spacial score (nSPS) is 12.7. The largest absolute Gasteiger partial charge is 0.398 e. The van der Waals surface area contributed by atoms with Crippen molar-refractivity contribution in [3.8, 4) is 0 Å². The van der Waals surface area contributed by atoms with Crippen molar-refractivity contribution in [2.75, 3.05) is 11.5 Å². The van der Waals surface area contributed by atoms with Crippen LogP contribution in [0.1, 0.15) is 6.42 Å². The molecular weight excluding hydrogens is 323 g/mol. The zero-order valence-electron chi connectivity index (χ0n) is 8.46. The molecule has 0 atom stereocenters. The van der Waals surface area contributed by atoms with Gasteiger partial charge in [-0.15, -0.1) is 0 Å². The van der Waals surface area contributed by atoms with Crippen LogP contribution >= 0.6 is 15.9 Å². The molecule has 0 saturated heterocycles. The number of alkyl halides is 3. The Labute approximate surface area is 105 Å². The second-order valence-corrected chi connectivity index (χ2v) is 6.36. The van der Waals surface area contributed by atoms with E-state index in [4.69, 9.17) is 5.73 Å². The SMILES string of the molecule is Nc1cc(Br)ccc1S(=O)(=O)CCC(F)(F)F. The van der Waals surface area contributed by atoms with E-state index in [0.717, 1.165) is 0 Å². The molecule has 1 rings (SSSR count). The summed E-state index contributed by atoms with van der Waals surface area (Å²) < 4.78 is 59.7. The minimum Gasteiger partial charge on any atom is -0.398 e. The van der Waals surface area contributed by atoms with Gasteiger partial charge in [-0.2, -0.15) is 13.2 Å². The zero-order chi connectivity index (χ0) is 13.3. The zero-order valence-corrected chi connectivity index (χ0v) is 10.9. The lowest BCUT2D eigenvalue weighted by molar-refractivity contribution is -0.129. The van der Waals surface area contributed by atoms with E-state index in [1.165, 1.54) is 18.2 Å². The number of benzene rings is 1. The Morgan fingerprint density at radius 1 is 1.29 bits per heavy atom. The molecule has 0 aliphatic heterocycles. The predicted molar refractivity (Wildman–Crippen MR) is 61.3 cm³/mol. The lowest BCUT2D eigenvalue weighted by atomic mass is 10.3. The van der Waals surface area contributed by atoms with Gasteiger partial charge in [0, 0.05) is 4.47 Å². The average Bonchev–Trinajstić information content (AvgIpc) is 2.13. The van der Waals surface area contributed by atoms with Gasteiger partial charge in [-0.25, -0.2) is 8.42 Å². The van der Waals surface area contributed by atoms with Gasteiger partial charge in [0.2, 0.25) is 0 Å². The molecule has 1 aromatic carbocycles. The molecule has 0 fully saturated rings. The van der Waals surface area contributed by atoms with Crippen LogP contribution in [0.3, 0.4) is 0 Å². The number of halogens is 4. The van der Waals surface area contributed by atoms with Gasteiger partial charge in [0.05, 0.1) is 22.8 Å². The first-order valence-electron chi connectivity index (χ1n) is 4.46. The number of hydrogen-bond acceptors (Lipinski definition) is 3. The Morgan fingerprint density at radius 2 is 1.88 bits per heavy atom. The Kier molecular flexibility index (Phi) is 4.08. The molecule has 0 aromatic heterocycles. The standard InChI is InChI=1S/C9H9BrF3NO2S/c10-6-1-2-8(7(14)5-6)17(15,16)4-3-9(11,12)13/h1-2,5H,3-4,14H2. The Bertz CT molecular complexity index is 513. The summed E-state index contributed by atoms with van der Waals surface area (Å²) in [5.74, 6) is -0.998. The number of hydrogen-bond donors (Lipinski definition) is 1. The molecule has 96 valence electrons. The maximum Gasteiger partial charge on any atom is 0.390 e. The van der Waals surface area contributed by atoms with Crippen molar-refractivity contribution in [3.63, 3.8) is 0 Å². The van der Waals surface area contributed by atoms with E-state index in [9.17, 15) is 21.6 Å². The summed E-state index contributed by atoms with van der Waals surface area (Å²) in [5, 5.41) is 0. The number of nitrogens with two attached hydrogens (primary N) is 1. The summed E-state index contributed by atoms with van der Waals surface area (Å²) in [6, 6.07) is 3.93. The monoisotopic (exact) mass is 331 g/mol. The molecule has 0 spiro atoms. The summed E-state index contributed by atoms with van der Waals surface area (Å²) in [6.45, 7) is 0. The second kappa shape index (κ2) is 4.85. The molecule has 1 aromatic rings. The third-order valence-electron chi connectivity index (χ3n) is 1.96. The third kappa shape index (κ3) is 4.19. The first-order valence-corrected chi connectivity index (χ1v) is 6.91. The molecule has 0 amide bonds.